The second kappa shape index (κ2) is 15.1. The van der Waals surface area contributed by atoms with Gasteiger partial charge < -0.3 is 24.8 Å². The highest BCUT2D eigenvalue weighted by Crippen LogP contribution is 2.15. The van der Waals surface area contributed by atoms with Crippen LogP contribution in [0.2, 0.25) is 0 Å². The number of hydrogen-bond acceptors (Lipinski definition) is 4. The van der Waals surface area contributed by atoms with Crippen LogP contribution in [0.25, 0.3) is 0 Å². The number of methoxy groups -OCH3 is 1. The Kier molecular flexibility index (Phi) is 14.4. The van der Waals surface area contributed by atoms with Gasteiger partial charge in [0.2, 0.25) is 0 Å². The SMILES string of the molecule is CN=C(NCCCOCCOC)NCc1cccc(OC(F)F)c1.I. The maximum Gasteiger partial charge on any atom is 0.387 e. The predicted octanol–water partition coefficient (Wildman–Crippen LogP) is 2.62. The number of nitrogens with one attached hydrogen (secondary N) is 2. The van der Waals surface area contributed by atoms with Gasteiger partial charge in [0, 0.05) is 33.9 Å². The Morgan fingerprint density at radius 3 is 2.68 bits per heavy atom. The quantitative estimate of drug-likeness (QED) is 0.224. The molecule has 0 radical (unpaired) electrons. The van der Waals surface area contributed by atoms with Crippen molar-refractivity contribution in [3.05, 3.63) is 29.8 Å². The molecular weight excluding hydrogens is 447 g/mol. The fraction of sp³-hybridized carbons (Fsp3) is 0.562. The molecule has 0 aromatic heterocycles. The highest BCUT2D eigenvalue weighted by atomic mass is 127. The van der Waals surface area contributed by atoms with Crippen molar-refractivity contribution in [2.45, 2.75) is 19.6 Å². The van der Waals surface area contributed by atoms with E-state index in [0.717, 1.165) is 12.0 Å². The lowest BCUT2D eigenvalue weighted by atomic mass is 10.2. The van der Waals surface area contributed by atoms with Crippen molar-refractivity contribution in [3.63, 3.8) is 0 Å². The molecule has 25 heavy (non-hydrogen) atoms. The molecule has 0 atom stereocenters. The summed E-state index contributed by atoms with van der Waals surface area (Å²) in [5.41, 5.74) is 0.819. The summed E-state index contributed by atoms with van der Waals surface area (Å²) in [5.74, 6) is 0.771. The van der Waals surface area contributed by atoms with Gasteiger partial charge >= 0.3 is 6.61 Å². The number of alkyl halides is 2. The van der Waals surface area contributed by atoms with Crippen molar-refractivity contribution in [2.75, 3.05) is 40.5 Å². The van der Waals surface area contributed by atoms with E-state index in [1.54, 1.807) is 26.3 Å². The molecule has 6 nitrogen and oxygen atoms in total. The Balaban J connectivity index is 0.00000576. The molecule has 0 heterocycles. The number of rotatable bonds is 11. The van der Waals surface area contributed by atoms with Crippen LogP contribution in [-0.4, -0.2) is 53.1 Å². The van der Waals surface area contributed by atoms with Crippen LogP contribution in [0.15, 0.2) is 29.3 Å². The summed E-state index contributed by atoms with van der Waals surface area (Å²) in [7, 11) is 3.30. The van der Waals surface area contributed by atoms with Crippen LogP contribution in [0.1, 0.15) is 12.0 Å². The van der Waals surface area contributed by atoms with Crippen molar-refractivity contribution < 1.29 is 23.0 Å². The minimum atomic E-state index is -2.83. The molecule has 0 fully saturated rings. The first-order chi connectivity index (χ1) is 11.7. The molecule has 0 aliphatic carbocycles. The molecule has 0 unspecified atom stereocenters. The van der Waals surface area contributed by atoms with Gasteiger partial charge in [0.1, 0.15) is 5.75 Å². The van der Waals surface area contributed by atoms with Crippen molar-refractivity contribution in [1.82, 2.24) is 10.6 Å². The fourth-order valence-corrected chi connectivity index (χ4v) is 1.86. The number of halogens is 3. The van der Waals surface area contributed by atoms with Gasteiger partial charge in [-0.1, -0.05) is 12.1 Å². The number of benzene rings is 1. The lowest BCUT2D eigenvalue weighted by Gasteiger charge is -2.13. The zero-order valence-electron chi connectivity index (χ0n) is 14.5. The largest absolute Gasteiger partial charge is 0.435 e. The van der Waals surface area contributed by atoms with E-state index >= 15 is 0 Å². The zero-order valence-corrected chi connectivity index (χ0v) is 16.8. The first kappa shape index (κ1) is 23.8. The van der Waals surface area contributed by atoms with Crippen LogP contribution in [0.4, 0.5) is 8.78 Å². The maximum absolute atomic E-state index is 12.2. The molecule has 144 valence electrons. The van der Waals surface area contributed by atoms with E-state index in [1.165, 1.54) is 6.07 Å². The molecule has 9 heteroatoms. The Morgan fingerprint density at radius 2 is 2.00 bits per heavy atom. The number of aliphatic imine (C=N–C) groups is 1. The number of ether oxygens (including phenoxy) is 3. The summed E-state index contributed by atoms with van der Waals surface area (Å²) in [5, 5.41) is 6.27. The van der Waals surface area contributed by atoms with Gasteiger partial charge in [0.15, 0.2) is 5.96 Å². The van der Waals surface area contributed by atoms with Crippen LogP contribution < -0.4 is 15.4 Å². The Bertz CT molecular complexity index is 493. The molecule has 2 N–H and O–H groups in total. The summed E-state index contributed by atoms with van der Waals surface area (Å²) < 4.78 is 39.0. The van der Waals surface area contributed by atoms with E-state index in [0.29, 0.717) is 38.9 Å². The van der Waals surface area contributed by atoms with Gasteiger partial charge in [-0.25, -0.2) is 0 Å². The smallest absolute Gasteiger partial charge is 0.387 e. The summed E-state index contributed by atoms with van der Waals surface area (Å²) >= 11 is 0. The number of nitrogens with zero attached hydrogens (tertiary/aromatic N) is 1. The summed E-state index contributed by atoms with van der Waals surface area (Å²) in [4.78, 5) is 4.10. The molecule has 0 aliphatic heterocycles. The van der Waals surface area contributed by atoms with Gasteiger partial charge in [-0.15, -0.1) is 24.0 Å². The standard InChI is InChI=1S/C16H25F2N3O3.HI/c1-19-16(20-7-4-8-23-10-9-22-2)21-12-13-5-3-6-14(11-13)24-15(17)18;/h3,5-6,11,15H,4,7-10,12H2,1-2H3,(H2,19,20,21);1H. The third kappa shape index (κ3) is 11.9. The third-order valence-corrected chi connectivity index (χ3v) is 3.00. The van der Waals surface area contributed by atoms with Crippen molar-refractivity contribution in [1.29, 1.82) is 0 Å². The topological polar surface area (TPSA) is 64.1 Å². The van der Waals surface area contributed by atoms with Crippen molar-refractivity contribution >= 4 is 29.9 Å². The molecule has 0 spiro atoms. The molecule has 1 rings (SSSR count). The lowest BCUT2D eigenvalue weighted by molar-refractivity contribution is -0.0498. The molecule has 0 saturated carbocycles. The molecule has 0 bridgehead atoms. The summed E-state index contributed by atoms with van der Waals surface area (Å²) in [6.07, 6.45) is 0.835. The normalized spacial score (nSPS) is 11.2. The zero-order chi connectivity index (χ0) is 17.6. The summed E-state index contributed by atoms with van der Waals surface area (Å²) in [6, 6.07) is 6.55. The second-order valence-corrected chi connectivity index (χ2v) is 4.84. The van der Waals surface area contributed by atoms with Gasteiger partial charge in [-0.2, -0.15) is 8.78 Å². The monoisotopic (exact) mass is 473 g/mol. The first-order valence-corrected chi connectivity index (χ1v) is 7.70. The minimum Gasteiger partial charge on any atom is -0.435 e. The van der Waals surface area contributed by atoms with E-state index in [4.69, 9.17) is 9.47 Å². The number of hydrogen-bond donors (Lipinski definition) is 2. The molecular formula is C16H26F2IN3O3. The van der Waals surface area contributed by atoms with E-state index in [9.17, 15) is 8.78 Å². The first-order valence-electron chi connectivity index (χ1n) is 7.70. The number of guanidine groups is 1. The molecule has 0 amide bonds. The van der Waals surface area contributed by atoms with Gasteiger partial charge in [-0.05, 0) is 24.1 Å². The highest BCUT2D eigenvalue weighted by Gasteiger charge is 2.05. The maximum atomic E-state index is 12.2. The molecule has 0 aliphatic rings. The Labute approximate surface area is 164 Å². The average Bonchev–Trinajstić information content (AvgIpc) is 2.56. The van der Waals surface area contributed by atoms with Crippen LogP contribution in [0.5, 0.6) is 5.75 Å². The second-order valence-electron chi connectivity index (χ2n) is 4.84. The summed E-state index contributed by atoms with van der Waals surface area (Å²) in [6.45, 7) is 0.145. The van der Waals surface area contributed by atoms with Crippen LogP contribution >= 0.6 is 24.0 Å². The van der Waals surface area contributed by atoms with Crippen molar-refractivity contribution in [2.24, 2.45) is 4.99 Å². The van der Waals surface area contributed by atoms with Crippen molar-refractivity contribution in [3.8, 4) is 5.75 Å². The Morgan fingerprint density at radius 1 is 1.20 bits per heavy atom. The van der Waals surface area contributed by atoms with E-state index in [1.807, 2.05) is 6.07 Å². The molecule has 1 aromatic rings. The van der Waals surface area contributed by atoms with E-state index in [2.05, 4.69) is 20.4 Å². The Hall–Kier alpha value is -1.20. The lowest BCUT2D eigenvalue weighted by Crippen LogP contribution is -2.37. The van der Waals surface area contributed by atoms with E-state index < -0.39 is 6.61 Å². The minimum absolute atomic E-state index is 0. The van der Waals surface area contributed by atoms with E-state index in [-0.39, 0.29) is 29.7 Å². The average molecular weight is 473 g/mol. The predicted molar refractivity (Wildman–Crippen MR) is 104 cm³/mol. The molecule has 1 aromatic carbocycles. The van der Waals surface area contributed by atoms with Gasteiger partial charge in [0.25, 0.3) is 0 Å². The fourth-order valence-electron chi connectivity index (χ4n) is 1.86. The highest BCUT2D eigenvalue weighted by molar-refractivity contribution is 14.0. The van der Waals surface area contributed by atoms with Gasteiger partial charge in [-0.3, -0.25) is 4.99 Å². The third-order valence-electron chi connectivity index (χ3n) is 3.00. The van der Waals surface area contributed by atoms with Crippen LogP contribution in [-0.2, 0) is 16.0 Å². The van der Waals surface area contributed by atoms with Crippen LogP contribution in [0, 0.1) is 0 Å². The van der Waals surface area contributed by atoms with Crippen LogP contribution in [0.3, 0.4) is 0 Å². The molecule has 0 saturated heterocycles. The van der Waals surface area contributed by atoms with Gasteiger partial charge in [0.05, 0.1) is 13.2 Å².